The summed E-state index contributed by atoms with van der Waals surface area (Å²) in [5.41, 5.74) is 3.64. The first kappa shape index (κ1) is 24.0. The fraction of sp³-hybridized carbons (Fsp3) is 0.333. The lowest BCUT2D eigenvalue weighted by atomic mass is 10.00. The van der Waals surface area contributed by atoms with Crippen molar-refractivity contribution in [3.05, 3.63) is 76.3 Å². The van der Waals surface area contributed by atoms with Crippen molar-refractivity contribution in [2.24, 2.45) is 0 Å². The van der Waals surface area contributed by atoms with Crippen molar-refractivity contribution in [3.63, 3.8) is 0 Å². The van der Waals surface area contributed by atoms with Crippen LogP contribution in [-0.4, -0.2) is 58.7 Å². The number of carbonyl (C=O) groups excluding carboxylic acids is 3. The van der Waals surface area contributed by atoms with E-state index in [9.17, 15) is 14.4 Å². The Hall–Kier alpha value is -3.72. The van der Waals surface area contributed by atoms with Crippen molar-refractivity contribution < 1.29 is 19.1 Å². The highest BCUT2D eigenvalue weighted by Crippen LogP contribution is 2.29. The maximum atomic E-state index is 13.0. The summed E-state index contributed by atoms with van der Waals surface area (Å²) in [4.78, 5) is 46.5. The van der Waals surface area contributed by atoms with Gasteiger partial charge in [0.25, 0.3) is 5.91 Å². The zero-order valence-corrected chi connectivity index (χ0v) is 20.9. The fourth-order valence-corrected chi connectivity index (χ4v) is 5.11. The van der Waals surface area contributed by atoms with Crippen LogP contribution < -0.4 is 10.1 Å². The van der Waals surface area contributed by atoms with Gasteiger partial charge < -0.3 is 19.9 Å². The average molecular weight is 505 g/mol. The third kappa shape index (κ3) is 5.57. The highest BCUT2D eigenvalue weighted by atomic mass is 32.1. The van der Waals surface area contributed by atoms with Gasteiger partial charge in [-0.1, -0.05) is 24.3 Å². The molecule has 1 N–H and O–H groups in total. The number of hydrogen-bond donors (Lipinski definition) is 1. The number of amides is 3. The molecule has 2 heterocycles. The number of fused-ring (bicyclic) bond motifs is 1. The number of ether oxygens (including phenoxy) is 1. The zero-order chi connectivity index (χ0) is 25.1. The molecule has 0 spiro atoms. The number of anilines is 1. The molecule has 186 valence electrons. The number of nitrogens with zero attached hydrogens (tertiary/aromatic N) is 3. The summed E-state index contributed by atoms with van der Waals surface area (Å²) in [6.45, 7) is 1.27. The Morgan fingerprint density at radius 3 is 2.58 bits per heavy atom. The van der Waals surface area contributed by atoms with E-state index in [2.05, 4.69) is 22.4 Å². The molecular formula is C27H28N4O4S. The Labute approximate surface area is 213 Å². The van der Waals surface area contributed by atoms with Gasteiger partial charge in [0.2, 0.25) is 11.8 Å². The summed E-state index contributed by atoms with van der Waals surface area (Å²) >= 11 is 1.28. The second kappa shape index (κ2) is 10.5. The van der Waals surface area contributed by atoms with E-state index in [0.29, 0.717) is 35.2 Å². The van der Waals surface area contributed by atoms with E-state index in [0.717, 1.165) is 19.3 Å². The Kier molecular flexibility index (Phi) is 6.99. The molecule has 1 aliphatic carbocycles. The number of hydrogen-bond acceptors (Lipinski definition) is 6. The molecule has 3 amide bonds. The minimum atomic E-state index is -0.302. The number of nitrogens with one attached hydrogen (secondary N) is 1. The van der Waals surface area contributed by atoms with Crippen LogP contribution in [0.3, 0.4) is 0 Å². The summed E-state index contributed by atoms with van der Waals surface area (Å²) in [5.74, 6) is 0.218. The van der Waals surface area contributed by atoms with E-state index in [-0.39, 0.29) is 36.7 Å². The SMILES string of the molecule is COc1ccc(C(=O)N(CC(=O)Nc2nc(CC(=O)N3CCc4ccccc4C3)cs2)C2CC2)cc1. The monoisotopic (exact) mass is 504 g/mol. The van der Waals surface area contributed by atoms with Crippen molar-refractivity contribution in [1.82, 2.24) is 14.8 Å². The normalized spacial score (nSPS) is 14.6. The molecule has 1 aliphatic heterocycles. The number of methoxy groups -OCH3 is 1. The Bertz CT molecular complexity index is 1270. The number of thiazole rings is 1. The largest absolute Gasteiger partial charge is 0.497 e. The second-order valence-electron chi connectivity index (χ2n) is 9.10. The zero-order valence-electron chi connectivity index (χ0n) is 20.1. The first-order chi connectivity index (χ1) is 17.5. The van der Waals surface area contributed by atoms with E-state index in [1.807, 2.05) is 17.0 Å². The van der Waals surface area contributed by atoms with Gasteiger partial charge >= 0.3 is 0 Å². The van der Waals surface area contributed by atoms with Crippen LogP contribution in [-0.2, 0) is 29.0 Å². The molecule has 1 fully saturated rings. The number of aromatic nitrogens is 1. The lowest BCUT2D eigenvalue weighted by Crippen LogP contribution is -2.39. The predicted octanol–water partition coefficient (Wildman–Crippen LogP) is 3.52. The van der Waals surface area contributed by atoms with Crippen LogP contribution in [0.2, 0.25) is 0 Å². The van der Waals surface area contributed by atoms with Gasteiger partial charge in [-0.05, 0) is 54.7 Å². The molecule has 0 saturated heterocycles. The topological polar surface area (TPSA) is 91.8 Å². The van der Waals surface area contributed by atoms with Crippen LogP contribution in [0, 0.1) is 0 Å². The van der Waals surface area contributed by atoms with Gasteiger partial charge in [-0.2, -0.15) is 0 Å². The highest BCUT2D eigenvalue weighted by molar-refractivity contribution is 7.13. The summed E-state index contributed by atoms with van der Waals surface area (Å²) in [6.07, 6.45) is 2.82. The molecule has 0 unspecified atom stereocenters. The number of benzene rings is 2. The molecule has 3 aromatic rings. The van der Waals surface area contributed by atoms with Crippen molar-refractivity contribution in [1.29, 1.82) is 0 Å². The van der Waals surface area contributed by atoms with Crippen LogP contribution in [0.4, 0.5) is 5.13 Å². The standard InChI is InChI=1S/C27H28N4O4S/c1-35-23-10-6-19(7-11-23)26(34)31(22-8-9-22)16-24(32)29-27-28-21(17-36-27)14-25(33)30-13-12-18-4-2-3-5-20(18)15-30/h2-7,10-11,17,22H,8-9,12-16H2,1H3,(H,28,29,32). The fourth-order valence-electron chi connectivity index (χ4n) is 4.39. The minimum Gasteiger partial charge on any atom is -0.497 e. The molecule has 8 nitrogen and oxygen atoms in total. The van der Waals surface area contributed by atoms with E-state index < -0.39 is 0 Å². The summed E-state index contributed by atoms with van der Waals surface area (Å²) in [6, 6.07) is 15.2. The third-order valence-electron chi connectivity index (χ3n) is 6.51. The molecule has 36 heavy (non-hydrogen) atoms. The van der Waals surface area contributed by atoms with E-state index in [1.165, 1.54) is 22.5 Å². The van der Waals surface area contributed by atoms with Gasteiger partial charge in [0.05, 0.1) is 19.2 Å². The molecule has 2 aliphatic rings. The van der Waals surface area contributed by atoms with Gasteiger partial charge in [0.15, 0.2) is 5.13 Å². The molecule has 0 bridgehead atoms. The summed E-state index contributed by atoms with van der Waals surface area (Å²) < 4.78 is 5.16. The maximum Gasteiger partial charge on any atom is 0.254 e. The molecule has 5 rings (SSSR count). The van der Waals surface area contributed by atoms with Gasteiger partial charge in [-0.3, -0.25) is 14.4 Å². The summed E-state index contributed by atoms with van der Waals surface area (Å²) in [7, 11) is 1.57. The molecule has 0 radical (unpaired) electrons. The van der Waals surface area contributed by atoms with Crippen molar-refractivity contribution in [2.75, 3.05) is 25.5 Å². The van der Waals surface area contributed by atoms with Crippen LogP contribution in [0.5, 0.6) is 5.75 Å². The minimum absolute atomic E-state index is 0.0256. The quantitative estimate of drug-likeness (QED) is 0.507. The predicted molar refractivity (Wildman–Crippen MR) is 137 cm³/mol. The first-order valence-corrected chi connectivity index (χ1v) is 12.9. The number of carbonyl (C=O) groups is 3. The molecule has 2 aromatic carbocycles. The van der Waals surface area contributed by atoms with Crippen LogP contribution in [0.15, 0.2) is 53.9 Å². The summed E-state index contributed by atoms with van der Waals surface area (Å²) in [5, 5.41) is 5.02. The maximum absolute atomic E-state index is 13.0. The molecule has 1 aromatic heterocycles. The van der Waals surface area contributed by atoms with E-state index >= 15 is 0 Å². The molecule has 9 heteroatoms. The Morgan fingerprint density at radius 1 is 1.11 bits per heavy atom. The molecule has 0 atom stereocenters. The van der Waals surface area contributed by atoms with Crippen molar-refractivity contribution in [3.8, 4) is 5.75 Å². The van der Waals surface area contributed by atoms with E-state index in [1.54, 1.807) is 41.7 Å². The first-order valence-electron chi connectivity index (χ1n) is 12.0. The van der Waals surface area contributed by atoms with Crippen LogP contribution in [0.25, 0.3) is 0 Å². The molecular weight excluding hydrogens is 476 g/mol. The van der Waals surface area contributed by atoms with Crippen molar-refractivity contribution in [2.45, 2.75) is 38.3 Å². The Balaban J connectivity index is 1.16. The van der Waals surface area contributed by atoms with Crippen LogP contribution >= 0.6 is 11.3 Å². The van der Waals surface area contributed by atoms with Gasteiger partial charge in [-0.25, -0.2) is 4.98 Å². The molecule has 1 saturated carbocycles. The smallest absolute Gasteiger partial charge is 0.254 e. The third-order valence-corrected chi connectivity index (χ3v) is 7.32. The van der Waals surface area contributed by atoms with E-state index in [4.69, 9.17) is 4.74 Å². The van der Waals surface area contributed by atoms with Crippen molar-refractivity contribution >= 4 is 34.2 Å². The van der Waals surface area contributed by atoms with Gasteiger partial charge in [0.1, 0.15) is 12.3 Å². The Morgan fingerprint density at radius 2 is 1.86 bits per heavy atom. The van der Waals surface area contributed by atoms with Gasteiger partial charge in [-0.15, -0.1) is 11.3 Å². The van der Waals surface area contributed by atoms with Gasteiger partial charge in [0, 0.05) is 30.1 Å². The van der Waals surface area contributed by atoms with Crippen LogP contribution in [0.1, 0.15) is 40.0 Å². The average Bonchev–Trinajstić information content (AvgIpc) is 3.66. The number of rotatable bonds is 8. The lowest BCUT2D eigenvalue weighted by Gasteiger charge is -2.28. The lowest BCUT2D eigenvalue weighted by molar-refractivity contribution is -0.131. The highest BCUT2D eigenvalue weighted by Gasteiger charge is 2.34. The second-order valence-corrected chi connectivity index (χ2v) is 9.95.